The van der Waals surface area contributed by atoms with Gasteiger partial charge >= 0.3 is 12.2 Å². The number of aromatic nitrogens is 2. The van der Waals surface area contributed by atoms with E-state index in [2.05, 4.69) is 32.4 Å². The first-order valence-corrected chi connectivity index (χ1v) is 17.8. The standard InChI is InChI=1S/C32H49N7O9S/c1-11-19-15-32(19,27(42)37-49(45,46)21-12-13-21)35-25(40)22-14-20(47-28(43)33-23-17(2)36-38(10)18(23)3)16-39(22)26(41)24(30(4,5)6)34-29(44)48-31(7,8)9/h11,19-22,24H,1,12-16H2,2-10H3,(H,33,43)(H,34,44)(H,35,40)(H,37,42)/t19?,20-,22+,24-,32?/m1/s1. The first-order valence-electron chi connectivity index (χ1n) is 16.3. The second-order valence-corrected chi connectivity index (χ2v) is 17.2. The van der Waals surface area contributed by atoms with Gasteiger partial charge < -0.3 is 25.0 Å². The normalized spacial score (nSPS) is 24.3. The second-order valence-electron chi connectivity index (χ2n) is 15.2. The summed E-state index contributed by atoms with van der Waals surface area (Å²) in [4.78, 5) is 68.7. The molecule has 2 aliphatic carbocycles. The average Bonchev–Trinajstić information content (AvgIpc) is 3.87. The SMILES string of the molecule is C=CC1CC1(NC(=O)[C@@H]1C[C@@H](OC(=O)Nc2c(C)nn(C)c2C)CN1C(=O)[C@@H](NC(=O)OC(C)(C)C)C(C)(C)C)C(=O)NS(=O)(=O)C1CC1. The van der Waals surface area contributed by atoms with Crippen molar-refractivity contribution < 1.29 is 41.9 Å². The van der Waals surface area contributed by atoms with Crippen molar-refractivity contribution in [1.29, 1.82) is 0 Å². The van der Waals surface area contributed by atoms with Gasteiger partial charge in [0.2, 0.25) is 21.8 Å². The number of sulfonamides is 1. The number of likely N-dealkylation sites (tertiary alicyclic amines) is 1. The number of rotatable bonds is 10. The zero-order chi connectivity index (χ0) is 36.9. The summed E-state index contributed by atoms with van der Waals surface area (Å²) in [5.41, 5.74) is -1.60. The third-order valence-electron chi connectivity index (χ3n) is 8.88. The average molecular weight is 708 g/mol. The Labute approximate surface area is 287 Å². The van der Waals surface area contributed by atoms with Gasteiger partial charge in [-0.05, 0) is 59.3 Å². The monoisotopic (exact) mass is 707 g/mol. The van der Waals surface area contributed by atoms with E-state index in [0.29, 0.717) is 29.9 Å². The third kappa shape index (κ3) is 8.54. The first-order chi connectivity index (χ1) is 22.5. The van der Waals surface area contributed by atoms with Crippen molar-refractivity contribution in [2.75, 3.05) is 11.9 Å². The number of nitrogens with zero attached hydrogens (tertiary/aromatic N) is 3. The molecule has 1 aliphatic heterocycles. The lowest BCUT2D eigenvalue weighted by Crippen LogP contribution is -2.60. The number of ether oxygens (including phenoxy) is 2. The molecule has 1 aromatic heterocycles. The van der Waals surface area contributed by atoms with Gasteiger partial charge in [-0.2, -0.15) is 5.10 Å². The smallest absolute Gasteiger partial charge is 0.412 e. The van der Waals surface area contributed by atoms with Gasteiger partial charge in [0.15, 0.2) is 0 Å². The number of anilines is 1. The van der Waals surface area contributed by atoms with Crippen LogP contribution in [0.3, 0.4) is 0 Å². The summed E-state index contributed by atoms with van der Waals surface area (Å²) in [6, 6.07) is -2.43. The van der Waals surface area contributed by atoms with Crippen LogP contribution in [0.25, 0.3) is 0 Å². The Morgan fingerprint density at radius 2 is 1.69 bits per heavy atom. The minimum atomic E-state index is -3.92. The van der Waals surface area contributed by atoms with Crippen molar-refractivity contribution in [2.24, 2.45) is 18.4 Å². The van der Waals surface area contributed by atoms with Crippen LogP contribution in [0.15, 0.2) is 12.7 Å². The number of nitrogens with one attached hydrogen (secondary N) is 4. The van der Waals surface area contributed by atoms with E-state index in [9.17, 15) is 32.4 Å². The van der Waals surface area contributed by atoms with Crippen molar-refractivity contribution in [3.63, 3.8) is 0 Å². The molecule has 0 radical (unpaired) electrons. The molecule has 3 aliphatic rings. The summed E-state index contributed by atoms with van der Waals surface area (Å²) in [7, 11) is -2.19. The zero-order valence-electron chi connectivity index (χ0n) is 29.6. The highest BCUT2D eigenvalue weighted by Crippen LogP contribution is 2.45. The van der Waals surface area contributed by atoms with E-state index in [4.69, 9.17) is 9.47 Å². The van der Waals surface area contributed by atoms with Crippen LogP contribution in [0, 0.1) is 25.2 Å². The molecular weight excluding hydrogens is 658 g/mol. The van der Waals surface area contributed by atoms with Crippen LogP contribution in [0.4, 0.5) is 15.3 Å². The van der Waals surface area contributed by atoms with E-state index < -0.39 is 85.8 Å². The maximum absolute atomic E-state index is 14.3. The first kappa shape index (κ1) is 37.7. The summed E-state index contributed by atoms with van der Waals surface area (Å²) < 4.78 is 40.0. The summed E-state index contributed by atoms with van der Waals surface area (Å²) >= 11 is 0. The quantitative estimate of drug-likeness (QED) is 0.261. The Hall–Kier alpha value is -4.15. The number of carbonyl (C=O) groups excluding carboxylic acids is 5. The van der Waals surface area contributed by atoms with Crippen LogP contribution >= 0.6 is 0 Å². The van der Waals surface area contributed by atoms with Gasteiger partial charge in [0.1, 0.15) is 29.3 Å². The molecule has 272 valence electrons. The summed E-state index contributed by atoms with van der Waals surface area (Å²) in [5, 5.41) is 11.6. The van der Waals surface area contributed by atoms with Gasteiger partial charge in [-0.3, -0.25) is 29.1 Å². The van der Waals surface area contributed by atoms with Crippen molar-refractivity contribution in [3.8, 4) is 0 Å². The molecule has 16 nitrogen and oxygen atoms in total. The molecule has 1 saturated heterocycles. The van der Waals surface area contributed by atoms with Crippen LogP contribution in [0.5, 0.6) is 0 Å². The lowest BCUT2D eigenvalue weighted by molar-refractivity contribution is -0.143. The number of carbonyl (C=O) groups is 5. The molecule has 5 amide bonds. The number of aryl methyl sites for hydroxylation is 2. The molecule has 0 bridgehead atoms. The van der Waals surface area contributed by atoms with Crippen molar-refractivity contribution >= 4 is 45.6 Å². The molecular formula is C32H49N7O9S. The van der Waals surface area contributed by atoms with Gasteiger partial charge in [0.05, 0.1) is 28.9 Å². The van der Waals surface area contributed by atoms with Crippen LogP contribution in [-0.2, 0) is 40.9 Å². The van der Waals surface area contributed by atoms with E-state index in [1.165, 1.54) is 11.0 Å². The van der Waals surface area contributed by atoms with Crippen LogP contribution in [-0.4, -0.2) is 94.1 Å². The molecule has 49 heavy (non-hydrogen) atoms. The molecule has 1 aromatic rings. The Morgan fingerprint density at radius 3 is 2.18 bits per heavy atom. The van der Waals surface area contributed by atoms with Crippen molar-refractivity contribution in [1.82, 2.24) is 30.0 Å². The fourth-order valence-electron chi connectivity index (χ4n) is 5.87. The molecule has 4 N–H and O–H groups in total. The maximum Gasteiger partial charge on any atom is 0.412 e. The number of alkyl carbamates (subject to hydrolysis) is 1. The largest absolute Gasteiger partial charge is 0.444 e. The predicted molar refractivity (Wildman–Crippen MR) is 179 cm³/mol. The lowest BCUT2D eigenvalue weighted by Gasteiger charge is -2.36. The van der Waals surface area contributed by atoms with Gasteiger partial charge in [-0.1, -0.05) is 26.8 Å². The number of hydrogen-bond donors (Lipinski definition) is 4. The predicted octanol–water partition coefficient (Wildman–Crippen LogP) is 2.16. The second kappa shape index (κ2) is 13.3. The number of amides is 5. The Bertz CT molecular complexity index is 1640. The minimum absolute atomic E-state index is 0.103. The van der Waals surface area contributed by atoms with Gasteiger partial charge in [-0.15, -0.1) is 6.58 Å². The van der Waals surface area contributed by atoms with E-state index in [-0.39, 0.29) is 19.4 Å². The molecule has 4 rings (SSSR count). The summed E-state index contributed by atoms with van der Waals surface area (Å²) in [6.07, 6.45) is -0.335. The van der Waals surface area contributed by atoms with Gasteiger partial charge in [0.25, 0.3) is 5.91 Å². The van der Waals surface area contributed by atoms with Crippen LogP contribution in [0.2, 0.25) is 0 Å². The van der Waals surface area contributed by atoms with Crippen molar-refractivity contribution in [2.45, 2.75) is 116 Å². The number of hydrogen-bond acceptors (Lipinski definition) is 10. The minimum Gasteiger partial charge on any atom is -0.444 e. The Kier molecular flexibility index (Phi) is 10.2. The fraction of sp³-hybridized carbons (Fsp3) is 0.688. The molecule has 2 unspecified atom stereocenters. The zero-order valence-corrected chi connectivity index (χ0v) is 30.4. The van der Waals surface area contributed by atoms with Gasteiger partial charge in [-0.25, -0.2) is 18.0 Å². The van der Waals surface area contributed by atoms with Crippen LogP contribution < -0.4 is 20.7 Å². The summed E-state index contributed by atoms with van der Waals surface area (Å²) in [6.45, 7) is 17.2. The fourth-order valence-corrected chi connectivity index (χ4v) is 7.24. The maximum atomic E-state index is 14.3. The molecule has 17 heteroatoms. The van der Waals surface area contributed by atoms with E-state index >= 15 is 0 Å². The Balaban J connectivity index is 1.60. The highest BCUT2D eigenvalue weighted by Gasteiger charge is 2.62. The Morgan fingerprint density at radius 1 is 1.06 bits per heavy atom. The molecule has 5 atom stereocenters. The lowest BCUT2D eigenvalue weighted by atomic mass is 9.85. The molecule has 0 aromatic carbocycles. The van der Waals surface area contributed by atoms with Crippen LogP contribution in [0.1, 0.15) is 78.6 Å². The third-order valence-corrected chi connectivity index (χ3v) is 10.7. The van der Waals surface area contributed by atoms with Gasteiger partial charge in [0, 0.05) is 19.4 Å². The van der Waals surface area contributed by atoms with E-state index in [1.807, 2.05) is 0 Å². The van der Waals surface area contributed by atoms with E-state index in [0.717, 1.165) is 0 Å². The van der Waals surface area contributed by atoms with Crippen molar-refractivity contribution in [3.05, 3.63) is 24.0 Å². The highest BCUT2D eigenvalue weighted by molar-refractivity contribution is 7.91. The topological polar surface area (TPSA) is 207 Å². The van der Waals surface area contributed by atoms with E-state index in [1.54, 1.807) is 67.1 Å². The molecule has 3 fully saturated rings. The highest BCUT2D eigenvalue weighted by atomic mass is 32.2. The molecule has 2 heterocycles. The summed E-state index contributed by atoms with van der Waals surface area (Å²) in [5.74, 6) is -2.85. The molecule has 2 saturated carbocycles. The molecule has 0 spiro atoms.